The average Bonchev–Trinajstić information content (AvgIpc) is 3.00. The van der Waals surface area contributed by atoms with Crippen LogP contribution in [-0.4, -0.2) is 71.3 Å². The van der Waals surface area contributed by atoms with E-state index >= 15 is 0 Å². The van der Waals surface area contributed by atoms with E-state index in [4.69, 9.17) is 5.73 Å². The predicted molar refractivity (Wildman–Crippen MR) is 159 cm³/mol. The lowest BCUT2D eigenvalue weighted by atomic mass is 9.92. The van der Waals surface area contributed by atoms with Crippen molar-refractivity contribution in [1.29, 1.82) is 0 Å². The summed E-state index contributed by atoms with van der Waals surface area (Å²) < 4.78 is 166. The highest BCUT2D eigenvalue weighted by Crippen LogP contribution is 2.45. The van der Waals surface area contributed by atoms with Crippen molar-refractivity contribution in [3.05, 3.63) is 77.4 Å². The second-order valence-corrected chi connectivity index (χ2v) is 11.8. The number of ether oxygens (including phenoxy) is 2. The van der Waals surface area contributed by atoms with Crippen LogP contribution in [0.1, 0.15) is 40.1 Å². The minimum atomic E-state index is -6.28. The van der Waals surface area contributed by atoms with Gasteiger partial charge in [-0.25, -0.2) is 9.59 Å². The number of nitrogens with one attached hydrogen (secondary N) is 1. The zero-order chi connectivity index (χ0) is 39.7. The van der Waals surface area contributed by atoms with E-state index in [9.17, 15) is 72.5 Å². The van der Waals surface area contributed by atoms with E-state index in [2.05, 4.69) is 14.8 Å². The molecule has 52 heavy (non-hydrogen) atoms. The molecule has 0 amide bonds. The molecule has 3 aromatic carbocycles. The van der Waals surface area contributed by atoms with Crippen LogP contribution in [0.5, 0.6) is 0 Å². The summed E-state index contributed by atoms with van der Waals surface area (Å²) in [4.78, 5) is 25.5. The van der Waals surface area contributed by atoms with Gasteiger partial charge in [-0.05, 0) is 65.9 Å². The van der Waals surface area contributed by atoms with E-state index in [1.54, 1.807) is 13.8 Å². The number of hydrogen-bond donors (Lipinski definition) is 4. The molecule has 0 radical (unpaired) electrons. The van der Waals surface area contributed by atoms with Crippen molar-refractivity contribution in [3.8, 4) is 11.1 Å². The standard InChI is InChI=1S/C32H28F12N2O6/c1-16(2)11-19-12-17(3-10-23(19)26(48)52-15-28(50,31(39,40)41)32(42,43)44)22-9-4-18(13-24(22)46-21-7-5-20(45)6-8-21)25(47)51-14-27(49,29(33,34)35)30(36,37)38/h3-10,12-13,16,46,49-50H,11,14-15,45H2,1-2H3. The minimum absolute atomic E-state index is 0.00641. The molecule has 0 aliphatic heterocycles. The second-order valence-electron chi connectivity index (χ2n) is 11.8. The van der Waals surface area contributed by atoms with Crippen molar-refractivity contribution in [2.75, 3.05) is 24.3 Å². The molecule has 0 spiro atoms. The first-order valence-electron chi connectivity index (χ1n) is 14.6. The average molecular weight is 765 g/mol. The van der Waals surface area contributed by atoms with Gasteiger partial charge in [0.25, 0.3) is 11.2 Å². The maximum absolute atomic E-state index is 13.1. The molecule has 0 bridgehead atoms. The number of carbonyl (C=O) groups excluding carboxylic acids is 2. The molecule has 3 rings (SSSR count). The molecular formula is C32H28F12N2O6. The first-order valence-corrected chi connectivity index (χ1v) is 14.6. The van der Waals surface area contributed by atoms with Crippen LogP contribution in [0.25, 0.3) is 11.1 Å². The number of carbonyl (C=O) groups is 2. The molecular weight excluding hydrogens is 736 g/mol. The molecule has 286 valence electrons. The largest absolute Gasteiger partial charge is 0.458 e. The van der Waals surface area contributed by atoms with E-state index in [0.29, 0.717) is 5.69 Å². The molecule has 0 heterocycles. The Morgan fingerprint density at radius 3 is 1.63 bits per heavy atom. The predicted octanol–water partition coefficient (Wildman–Crippen LogP) is 7.90. The molecule has 0 aliphatic rings. The Morgan fingerprint density at radius 1 is 0.692 bits per heavy atom. The number of alkyl halides is 12. The maximum Gasteiger partial charge on any atom is 0.429 e. The van der Waals surface area contributed by atoms with Gasteiger partial charge in [0.15, 0.2) is 0 Å². The normalized spacial score (nSPS) is 13.2. The van der Waals surface area contributed by atoms with Gasteiger partial charge in [0.2, 0.25) is 0 Å². The van der Waals surface area contributed by atoms with Crippen molar-refractivity contribution in [1.82, 2.24) is 0 Å². The lowest BCUT2D eigenvalue weighted by Crippen LogP contribution is -2.60. The third-order valence-electron chi connectivity index (χ3n) is 7.41. The van der Waals surface area contributed by atoms with E-state index < -0.39 is 72.2 Å². The molecule has 0 saturated heterocycles. The van der Waals surface area contributed by atoms with Crippen molar-refractivity contribution < 1.29 is 82.0 Å². The highest BCUT2D eigenvalue weighted by Gasteiger charge is 2.72. The van der Waals surface area contributed by atoms with Crippen LogP contribution in [-0.2, 0) is 15.9 Å². The fourth-order valence-electron chi connectivity index (χ4n) is 4.47. The third kappa shape index (κ3) is 9.01. The molecule has 5 N–H and O–H groups in total. The second kappa shape index (κ2) is 14.7. The molecule has 0 aromatic heterocycles. The number of aliphatic hydroxyl groups is 2. The van der Waals surface area contributed by atoms with Crippen LogP contribution in [0.2, 0.25) is 0 Å². The van der Waals surface area contributed by atoms with Crippen molar-refractivity contribution in [3.63, 3.8) is 0 Å². The maximum atomic E-state index is 13.1. The molecule has 3 aromatic rings. The monoisotopic (exact) mass is 764 g/mol. The molecule has 0 fully saturated rings. The van der Waals surface area contributed by atoms with Gasteiger partial charge in [0, 0.05) is 22.6 Å². The molecule has 0 atom stereocenters. The summed E-state index contributed by atoms with van der Waals surface area (Å²) in [6, 6.07) is 12.3. The molecule has 0 saturated carbocycles. The van der Waals surface area contributed by atoms with Crippen LogP contribution in [0, 0.1) is 5.92 Å². The van der Waals surface area contributed by atoms with Gasteiger partial charge < -0.3 is 30.7 Å². The number of hydrogen-bond acceptors (Lipinski definition) is 8. The lowest BCUT2D eigenvalue weighted by Gasteiger charge is -2.31. The van der Waals surface area contributed by atoms with Crippen LogP contribution in [0.3, 0.4) is 0 Å². The van der Waals surface area contributed by atoms with Crippen molar-refractivity contribution in [2.24, 2.45) is 5.92 Å². The van der Waals surface area contributed by atoms with Crippen LogP contribution in [0.4, 0.5) is 69.7 Å². The number of nitrogen functional groups attached to an aromatic ring is 1. The number of esters is 2. The minimum Gasteiger partial charge on any atom is -0.458 e. The lowest BCUT2D eigenvalue weighted by molar-refractivity contribution is -0.375. The van der Waals surface area contributed by atoms with Gasteiger partial charge in [-0.15, -0.1) is 0 Å². The number of halogens is 12. The number of benzene rings is 3. The van der Waals surface area contributed by atoms with Crippen molar-refractivity contribution >= 4 is 29.0 Å². The fraction of sp³-hybridized carbons (Fsp3) is 0.375. The van der Waals surface area contributed by atoms with Gasteiger partial charge in [0.1, 0.15) is 13.2 Å². The quantitative estimate of drug-likeness (QED) is 0.0881. The molecule has 0 unspecified atom stereocenters. The Kier molecular flexibility index (Phi) is 11.8. The van der Waals surface area contributed by atoms with Crippen LogP contribution < -0.4 is 11.1 Å². The number of nitrogens with two attached hydrogens (primary N) is 1. The first kappa shape index (κ1) is 41.7. The Hall–Kier alpha value is -4.72. The van der Waals surface area contributed by atoms with E-state index in [-0.39, 0.29) is 40.4 Å². The summed E-state index contributed by atoms with van der Waals surface area (Å²) in [6.45, 7) is -1.75. The summed E-state index contributed by atoms with van der Waals surface area (Å²) in [6.07, 6.45) is -25.1. The van der Waals surface area contributed by atoms with E-state index in [1.165, 1.54) is 36.4 Å². The molecule has 0 aliphatic carbocycles. The number of anilines is 3. The molecule has 20 heteroatoms. The highest BCUT2D eigenvalue weighted by molar-refractivity contribution is 5.95. The summed E-state index contributed by atoms with van der Waals surface area (Å²) in [7, 11) is 0. The van der Waals surface area contributed by atoms with E-state index in [1.807, 2.05) is 0 Å². The highest BCUT2D eigenvalue weighted by atomic mass is 19.4. The Bertz CT molecular complexity index is 1720. The summed E-state index contributed by atoms with van der Waals surface area (Å²) >= 11 is 0. The van der Waals surface area contributed by atoms with Crippen LogP contribution in [0.15, 0.2) is 60.7 Å². The van der Waals surface area contributed by atoms with E-state index in [0.717, 1.165) is 24.3 Å². The Labute approximate surface area is 286 Å². The topological polar surface area (TPSA) is 131 Å². The SMILES string of the molecule is CC(C)Cc1cc(-c2ccc(C(=O)OCC(O)(C(F)(F)F)C(F)(F)F)cc2Nc2ccc(N)cc2)ccc1C(=O)OCC(O)(C(F)(F)F)C(F)(F)F. The van der Waals surface area contributed by atoms with Crippen LogP contribution >= 0.6 is 0 Å². The van der Waals surface area contributed by atoms with Gasteiger partial charge >= 0.3 is 36.6 Å². The first-order chi connectivity index (χ1) is 23.6. The van der Waals surface area contributed by atoms with Gasteiger partial charge in [-0.1, -0.05) is 32.0 Å². The summed E-state index contributed by atoms with van der Waals surface area (Å²) in [5.74, 6) is -3.64. The molecule has 8 nitrogen and oxygen atoms in total. The summed E-state index contributed by atoms with van der Waals surface area (Å²) in [5, 5.41) is 21.6. The van der Waals surface area contributed by atoms with Gasteiger partial charge in [0.05, 0.1) is 11.1 Å². The fourth-order valence-corrected chi connectivity index (χ4v) is 4.47. The van der Waals surface area contributed by atoms with Gasteiger partial charge in [-0.2, -0.15) is 52.7 Å². The van der Waals surface area contributed by atoms with Crippen molar-refractivity contribution in [2.45, 2.75) is 56.2 Å². The zero-order valence-electron chi connectivity index (χ0n) is 26.6. The van der Waals surface area contributed by atoms with Gasteiger partial charge in [-0.3, -0.25) is 0 Å². The summed E-state index contributed by atoms with van der Waals surface area (Å²) in [5.41, 5.74) is -5.25. The number of rotatable bonds is 11. The smallest absolute Gasteiger partial charge is 0.429 e. The third-order valence-corrected chi connectivity index (χ3v) is 7.41. The zero-order valence-corrected chi connectivity index (χ0v) is 26.6. The Balaban J connectivity index is 2.07. The Morgan fingerprint density at radius 2 is 1.17 bits per heavy atom.